The lowest BCUT2D eigenvalue weighted by Crippen LogP contribution is -2.39. The Morgan fingerprint density at radius 1 is 0.913 bits per heavy atom. The Morgan fingerprint density at radius 3 is 1.98 bits per heavy atom. The van der Waals surface area contributed by atoms with Crippen molar-refractivity contribution in [1.29, 1.82) is 0 Å². The van der Waals surface area contributed by atoms with Crippen molar-refractivity contribution in [3.63, 3.8) is 0 Å². The van der Waals surface area contributed by atoms with Gasteiger partial charge in [-0.25, -0.2) is 4.79 Å². The SMILES string of the molecule is COc1ccc(C(OC[C@H]2O[C@@H](n3ccc(NC(C)=O)nc3=O)[C@@H](CC(=O)O)[C@H]2O)(c2ccccc2)c2ccc(OC)cc2)cc1. The van der Waals surface area contributed by atoms with Crippen molar-refractivity contribution in [2.75, 3.05) is 26.1 Å². The maximum absolute atomic E-state index is 13.0. The molecule has 0 unspecified atom stereocenters. The van der Waals surface area contributed by atoms with Gasteiger partial charge < -0.3 is 34.5 Å². The van der Waals surface area contributed by atoms with Crippen LogP contribution in [0.5, 0.6) is 11.5 Å². The Morgan fingerprint density at radius 2 is 1.48 bits per heavy atom. The van der Waals surface area contributed by atoms with E-state index >= 15 is 0 Å². The van der Waals surface area contributed by atoms with Crippen molar-refractivity contribution in [2.24, 2.45) is 5.92 Å². The van der Waals surface area contributed by atoms with Gasteiger partial charge in [0.15, 0.2) is 0 Å². The van der Waals surface area contributed by atoms with Gasteiger partial charge in [0, 0.05) is 19.0 Å². The van der Waals surface area contributed by atoms with Crippen molar-refractivity contribution in [2.45, 2.75) is 37.4 Å². The fraction of sp³-hybridized carbons (Fsp3) is 0.294. The van der Waals surface area contributed by atoms with E-state index in [0.717, 1.165) is 21.3 Å². The van der Waals surface area contributed by atoms with E-state index in [1.54, 1.807) is 14.2 Å². The largest absolute Gasteiger partial charge is 0.497 e. The van der Waals surface area contributed by atoms with Crippen LogP contribution in [-0.2, 0) is 24.7 Å². The minimum absolute atomic E-state index is 0.0357. The number of nitrogens with zero attached hydrogens (tertiary/aromatic N) is 2. The highest BCUT2D eigenvalue weighted by atomic mass is 16.6. The van der Waals surface area contributed by atoms with E-state index in [-0.39, 0.29) is 12.4 Å². The van der Waals surface area contributed by atoms with Gasteiger partial charge in [-0.2, -0.15) is 4.98 Å². The molecule has 1 amide bonds. The Hall–Kier alpha value is -5.04. The number of aliphatic hydroxyl groups excluding tert-OH is 1. The standard InChI is InChI=1S/C34H35N3O9/c1-21(38)35-29-17-18-37(33(42)36-29)32-27(19-30(39)40)31(41)28(46-32)20-45-34(22-7-5-4-6-8-22,23-9-13-25(43-2)14-10-23)24-11-15-26(44-3)16-12-24/h4-18,27-28,31-32,41H,19-20H2,1-3H3,(H,39,40)(H,35,36,38,42)/t27-,28+,31+,32+/m0/s1. The van der Waals surface area contributed by atoms with Gasteiger partial charge in [-0.05, 0) is 47.0 Å². The summed E-state index contributed by atoms with van der Waals surface area (Å²) in [6.07, 6.45) is -2.65. The van der Waals surface area contributed by atoms with Crippen LogP contribution < -0.4 is 20.5 Å². The molecule has 1 saturated heterocycles. The first kappa shape index (κ1) is 32.4. The Kier molecular flexibility index (Phi) is 9.81. The first-order chi connectivity index (χ1) is 22.2. The van der Waals surface area contributed by atoms with E-state index in [4.69, 9.17) is 18.9 Å². The zero-order valence-electron chi connectivity index (χ0n) is 25.5. The van der Waals surface area contributed by atoms with E-state index < -0.39 is 53.9 Å². The van der Waals surface area contributed by atoms with Crippen molar-refractivity contribution in [1.82, 2.24) is 9.55 Å². The second-order valence-electron chi connectivity index (χ2n) is 10.8. The predicted octanol–water partition coefficient (Wildman–Crippen LogP) is 3.58. The van der Waals surface area contributed by atoms with Gasteiger partial charge in [0.05, 0.1) is 33.4 Å². The number of nitrogens with one attached hydrogen (secondary N) is 1. The summed E-state index contributed by atoms with van der Waals surface area (Å²) in [5.41, 5.74) is 0.289. The van der Waals surface area contributed by atoms with Gasteiger partial charge in [-0.1, -0.05) is 54.6 Å². The number of aliphatic carboxylic acids is 1. The smallest absolute Gasteiger partial charge is 0.351 e. The molecule has 0 bridgehead atoms. The number of aromatic nitrogens is 2. The molecule has 1 aliphatic heterocycles. The highest BCUT2D eigenvalue weighted by Gasteiger charge is 2.48. The van der Waals surface area contributed by atoms with Gasteiger partial charge in [0.25, 0.3) is 0 Å². The average molecular weight is 630 g/mol. The van der Waals surface area contributed by atoms with Crippen molar-refractivity contribution in [3.8, 4) is 11.5 Å². The molecule has 4 atom stereocenters. The van der Waals surface area contributed by atoms with E-state index in [0.29, 0.717) is 11.5 Å². The molecule has 3 N–H and O–H groups in total. The van der Waals surface area contributed by atoms with Crippen LogP contribution in [0.25, 0.3) is 0 Å². The van der Waals surface area contributed by atoms with E-state index in [1.165, 1.54) is 19.2 Å². The number of carboxylic acids is 1. The molecule has 0 spiro atoms. The lowest BCUT2D eigenvalue weighted by atomic mass is 9.80. The molecule has 2 heterocycles. The molecule has 12 heteroatoms. The van der Waals surface area contributed by atoms with E-state index in [9.17, 15) is 24.6 Å². The molecule has 1 aliphatic rings. The maximum Gasteiger partial charge on any atom is 0.351 e. The molecule has 46 heavy (non-hydrogen) atoms. The zero-order valence-corrected chi connectivity index (χ0v) is 25.5. The van der Waals surface area contributed by atoms with E-state index in [1.807, 2.05) is 78.9 Å². The fourth-order valence-corrected chi connectivity index (χ4v) is 5.78. The van der Waals surface area contributed by atoms with Gasteiger partial charge in [-0.15, -0.1) is 0 Å². The number of anilines is 1. The van der Waals surface area contributed by atoms with Crippen LogP contribution >= 0.6 is 0 Å². The third kappa shape index (κ3) is 6.64. The number of carboxylic acid groups (broad SMARTS) is 1. The van der Waals surface area contributed by atoms with Crippen LogP contribution in [0.15, 0.2) is 95.9 Å². The molecule has 240 valence electrons. The number of hydrogen-bond acceptors (Lipinski definition) is 9. The van der Waals surface area contributed by atoms with Crippen molar-refractivity contribution >= 4 is 17.7 Å². The molecule has 1 aromatic heterocycles. The number of methoxy groups -OCH3 is 2. The number of carbonyl (C=O) groups is 2. The highest BCUT2D eigenvalue weighted by molar-refractivity contribution is 5.87. The minimum atomic E-state index is -1.32. The van der Waals surface area contributed by atoms with Crippen LogP contribution in [0, 0.1) is 5.92 Å². The minimum Gasteiger partial charge on any atom is -0.497 e. The lowest BCUT2D eigenvalue weighted by molar-refractivity contribution is -0.139. The highest BCUT2D eigenvalue weighted by Crippen LogP contribution is 2.43. The number of carbonyl (C=O) groups excluding carboxylic acids is 1. The first-order valence-corrected chi connectivity index (χ1v) is 14.6. The second-order valence-corrected chi connectivity index (χ2v) is 10.8. The third-order valence-electron chi connectivity index (χ3n) is 7.96. The Balaban J connectivity index is 1.55. The number of ether oxygens (including phenoxy) is 4. The molecule has 5 rings (SSSR count). The average Bonchev–Trinajstić information content (AvgIpc) is 3.35. The summed E-state index contributed by atoms with van der Waals surface area (Å²) < 4.78 is 25.0. The van der Waals surface area contributed by atoms with Gasteiger partial charge >= 0.3 is 11.7 Å². The van der Waals surface area contributed by atoms with Crippen LogP contribution in [0.4, 0.5) is 5.82 Å². The summed E-state index contributed by atoms with van der Waals surface area (Å²) in [5, 5.41) is 23.6. The summed E-state index contributed by atoms with van der Waals surface area (Å²) in [4.78, 5) is 40.1. The monoisotopic (exact) mass is 629 g/mol. The van der Waals surface area contributed by atoms with Crippen LogP contribution in [0.3, 0.4) is 0 Å². The summed E-state index contributed by atoms with van der Waals surface area (Å²) in [6, 6.07) is 25.8. The van der Waals surface area contributed by atoms with E-state index in [2.05, 4.69) is 10.3 Å². The first-order valence-electron chi connectivity index (χ1n) is 14.6. The maximum atomic E-state index is 13.0. The number of benzene rings is 3. The summed E-state index contributed by atoms with van der Waals surface area (Å²) in [7, 11) is 3.16. The quantitative estimate of drug-likeness (QED) is 0.198. The zero-order chi connectivity index (χ0) is 32.8. The summed E-state index contributed by atoms with van der Waals surface area (Å²) in [5.74, 6) is -1.26. The fourth-order valence-electron chi connectivity index (χ4n) is 5.78. The Labute approximate surface area is 265 Å². The third-order valence-corrected chi connectivity index (χ3v) is 7.96. The number of hydrogen-bond donors (Lipinski definition) is 3. The van der Waals surface area contributed by atoms with Crippen LogP contribution in [-0.4, -0.2) is 64.7 Å². The predicted molar refractivity (Wildman–Crippen MR) is 167 cm³/mol. The second kappa shape index (κ2) is 13.9. The van der Waals surface area contributed by atoms with Crippen molar-refractivity contribution < 1.29 is 38.7 Å². The van der Waals surface area contributed by atoms with Crippen molar-refractivity contribution in [3.05, 3.63) is 118 Å². The van der Waals surface area contributed by atoms with Gasteiger partial charge in [0.2, 0.25) is 5.91 Å². The molecular formula is C34H35N3O9. The molecule has 3 aromatic carbocycles. The van der Waals surface area contributed by atoms with Gasteiger partial charge in [0.1, 0.15) is 35.2 Å². The summed E-state index contributed by atoms with van der Waals surface area (Å²) in [6.45, 7) is 1.09. The molecule has 0 aliphatic carbocycles. The molecule has 4 aromatic rings. The van der Waals surface area contributed by atoms with Crippen LogP contribution in [0.1, 0.15) is 36.3 Å². The molecular weight excluding hydrogens is 594 g/mol. The topological polar surface area (TPSA) is 158 Å². The molecule has 12 nitrogen and oxygen atoms in total. The van der Waals surface area contributed by atoms with Gasteiger partial charge in [-0.3, -0.25) is 14.2 Å². The molecule has 1 fully saturated rings. The number of aliphatic hydroxyl groups is 1. The number of rotatable bonds is 12. The number of amides is 1. The normalized spacial score (nSPS) is 19.4. The molecule has 0 radical (unpaired) electrons. The summed E-state index contributed by atoms with van der Waals surface area (Å²) >= 11 is 0. The Bertz CT molecular complexity index is 1660. The van der Waals surface area contributed by atoms with Crippen LogP contribution in [0.2, 0.25) is 0 Å². The molecule has 0 saturated carbocycles. The lowest BCUT2D eigenvalue weighted by Gasteiger charge is -2.37.